The molecule has 0 saturated carbocycles. The van der Waals surface area contributed by atoms with Gasteiger partial charge in [0.15, 0.2) is 5.82 Å². The molecule has 6 nitrogen and oxygen atoms in total. The molecule has 1 N–H and O–H groups in total. The predicted octanol–water partition coefficient (Wildman–Crippen LogP) is 1.45. The van der Waals surface area contributed by atoms with E-state index >= 15 is 0 Å². The van der Waals surface area contributed by atoms with Gasteiger partial charge in [0.05, 0.1) is 37.6 Å². The minimum absolute atomic E-state index is 0.00279. The van der Waals surface area contributed by atoms with Crippen molar-refractivity contribution >= 4 is 23.2 Å². The molecule has 24 heavy (non-hydrogen) atoms. The van der Waals surface area contributed by atoms with E-state index in [4.69, 9.17) is 4.74 Å². The van der Waals surface area contributed by atoms with Gasteiger partial charge in [-0.05, 0) is 11.4 Å². The number of halogens is 1. The molecule has 1 amide bonds. The molecule has 2 atom stereocenters. The first-order valence-electron chi connectivity index (χ1n) is 7.78. The second-order valence-electron chi connectivity index (χ2n) is 6.21. The van der Waals surface area contributed by atoms with Crippen molar-refractivity contribution in [2.24, 2.45) is 11.3 Å². The second kappa shape index (κ2) is 6.10. The van der Waals surface area contributed by atoms with Gasteiger partial charge < -0.3 is 15.0 Å². The fourth-order valence-electron chi connectivity index (χ4n) is 3.43. The summed E-state index contributed by atoms with van der Waals surface area (Å²) in [4.78, 5) is 24.0. The van der Waals surface area contributed by atoms with Gasteiger partial charge in [-0.25, -0.2) is 14.4 Å². The highest BCUT2D eigenvalue weighted by Gasteiger charge is 2.56. The van der Waals surface area contributed by atoms with Crippen LogP contribution in [0.15, 0.2) is 29.9 Å². The average molecular weight is 348 g/mol. The molecule has 4 heterocycles. The Morgan fingerprint density at radius 3 is 3.08 bits per heavy atom. The number of fused-ring (bicyclic) bond motifs is 1. The van der Waals surface area contributed by atoms with E-state index in [0.29, 0.717) is 38.8 Å². The number of hydrogen-bond donors (Lipinski definition) is 1. The van der Waals surface area contributed by atoms with Crippen LogP contribution in [0, 0.1) is 17.2 Å². The molecule has 0 spiro atoms. The smallest absolute Gasteiger partial charge is 0.231 e. The van der Waals surface area contributed by atoms with E-state index in [2.05, 4.69) is 15.3 Å². The summed E-state index contributed by atoms with van der Waals surface area (Å²) in [6.07, 6.45) is 2.30. The summed E-state index contributed by atoms with van der Waals surface area (Å²) < 4.78 is 18.6. The number of anilines is 1. The van der Waals surface area contributed by atoms with Gasteiger partial charge in [0.2, 0.25) is 11.9 Å². The van der Waals surface area contributed by atoms with Crippen LogP contribution in [-0.4, -0.2) is 42.2 Å². The van der Waals surface area contributed by atoms with Crippen LogP contribution in [0.2, 0.25) is 0 Å². The van der Waals surface area contributed by atoms with Gasteiger partial charge in [0.1, 0.15) is 0 Å². The third-order valence-corrected chi connectivity index (χ3v) is 5.60. The molecule has 2 aromatic heterocycles. The lowest BCUT2D eigenvalue weighted by Crippen LogP contribution is -2.46. The molecular formula is C16H17FN4O2S. The molecule has 0 unspecified atom stereocenters. The Bertz CT molecular complexity index is 724. The lowest BCUT2D eigenvalue weighted by Gasteiger charge is -2.25. The van der Waals surface area contributed by atoms with Crippen molar-refractivity contribution in [2.45, 2.75) is 6.54 Å². The van der Waals surface area contributed by atoms with Gasteiger partial charge in [-0.3, -0.25) is 4.79 Å². The van der Waals surface area contributed by atoms with E-state index in [-0.39, 0.29) is 11.8 Å². The third-order valence-electron chi connectivity index (χ3n) is 4.72. The molecule has 0 bridgehead atoms. The molecular weight excluding hydrogens is 331 g/mol. The molecule has 8 heteroatoms. The zero-order valence-corrected chi connectivity index (χ0v) is 13.8. The Hall–Kier alpha value is -2.06. The molecule has 2 fully saturated rings. The van der Waals surface area contributed by atoms with Crippen molar-refractivity contribution in [3.8, 4) is 0 Å². The van der Waals surface area contributed by atoms with Gasteiger partial charge >= 0.3 is 0 Å². The van der Waals surface area contributed by atoms with Crippen LogP contribution in [-0.2, 0) is 16.1 Å². The SMILES string of the molecule is O=C(NCc1cccs1)[C@@]12COC[C@@H]1CN(c1ncc(F)cn1)C2. The topological polar surface area (TPSA) is 67.3 Å². The number of amides is 1. The van der Waals surface area contributed by atoms with Crippen LogP contribution in [0.3, 0.4) is 0 Å². The van der Waals surface area contributed by atoms with Crippen LogP contribution in [0.5, 0.6) is 0 Å². The van der Waals surface area contributed by atoms with E-state index in [0.717, 1.165) is 17.3 Å². The number of thiophene rings is 1. The summed E-state index contributed by atoms with van der Waals surface area (Å²) >= 11 is 1.62. The molecule has 0 aromatic carbocycles. The summed E-state index contributed by atoms with van der Waals surface area (Å²) in [7, 11) is 0. The van der Waals surface area contributed by atoms with Crippen LogP contribution in [0.4, 0.5) is 10.3 Å². The van der Waals surface area contributed by atoms with Crippen molar-refractivity contribution < 1.29 is 13.9 Å². The van der Waals surface area contributed by atoms with Crippen LogP contribution in [0.25, 0.3) is 0 Å². The Morgan fingerprint density at radius 1 is 1.50 bits per heavy atom. The zero-order chi connectivity index (χ0) is 16.6. The first-order valence-corrected chi connectivity index (χ1v) is 8.66. The normalized spacial score (nSPS) is 25.7. The third kappa shape index (κ3) is 2.65. The number of aromatic nitrogens is 2. The standard InChI is InChI=1S/C16H17FN4O2S/c17-12-4-19-15(20-5-12)21-7-11-8-23-10-16(11,9-21)14(22)18-6-13-2-1-3-24-13/h1-5,11H,6-10H2,(H,18,22)/t11-,16-/m0/s1. The number of carbonyl (C=O) groups excluding carboxylic acids is 1. The van der Waals surface area contributed by atoms with E-state index < -0.39 is 11.2 Å². The fraction of sp³-hybridized carbons (Fsp3) is 0.438. The first kappa shape index (κ1) is 15.5. The minimum atomic E-state index is -0.588. The Morgan fingerprint density at radius 2 is 2.33 bits per heavy atom. The van der Waals surface area contributed by atoms with E-state index in [1.807, 2.05) is 22.4 Å². The van der Waals surface area contributed by atoms with Crippen molar-refractivity contribution in [3.05, 3.63) is 40.6 Å². The predicted molar refractivity (Wildman–Crippen MR) is 87.1 cm³/mol. The number of hydrogen-bond acceptors (Lipinski definition) is 6. The van der Waals surface area contributed by atoms with Crippen molar-refractivity contribution in [3.63, 3.8) is 0 Å². The summed E-state index contributed by atoms with van der Waals surface area (Å²) in [5.74, 6) is 0.0820. The van der Waals surface area contributed by atoms with Crippen molar-refractivity contribution in [1.29, 1.82) is 0 Å². The number of nitrogens with zero attached hydrogens (tertiary/aromatic N) is 3. The van der Waals surface area contributed by atoms with Crippen molar-refractivity contribution in [2.75, 3.05) is 31.2 Å². The molecule has 2 saturated heterocycles. The average Bonchev–Trinajstić information content (AvgIpc) is 3.29. The minimum Gasteiger partial charge on any atom is -0.380 e. The van der Waals surface area contributed by atoms with E-state index in [1.54, 1.807) is 11.3 Å². The maximum atomic E-state index is 13.0. The lowest BCUT2D eigenvalue weighted by atomic mass is 9.80. The molecule has 4 rings (SSSR count). The molecule has 2 aliphatic rings. The number of rotatable bonds is 4. The van der Waals surface area contributed by atoms with Crippen LogP contribution in [0.1, 0.15) is 4.88 Å². The zero-order valence-electron chi connectivity index (χ0n) is 12.9. The first-order chi connectivity index (χ1) is 11.7. The Labute approximate surface area is 142 Å². The van der Waals surface area contributed by atoms with E-state index in [1.165, 1.54) is 0 Å². The number of nitrogens with one attached hydrogen (secondary N) is 1. The highest BCUT2D eigenvalue weighted by atomic mass is 32.1. The monoisotopic (exact) mass is 348 g/mol. The molecule has 0 aliphatic carbocycles. The highest BCUT2D eigenvalue weighted by Crippen LogP contribution is 2.42. The highest BCUT2D eigenvalue weighted by molar-refractivity contribution is 7.09. The summed E-state index contributed by atoms with van der Waals surface area (Å²) in [5, 5.41) is 5.02. The summed E-state index contributed by atoms with van der Waals surface area (Å²) in [5.41, 5.74) is -0.588. The quantitative estimate of drug-likeness (QED) is 0.906. The Kier molecular flexibility index (Phi) is 3.93. The van der Waals surface area contributed by atoms with Gasteiger partial charge in [0.25, 0.3) is 0 Å². The fourth-order valence-corrected chi connectivity index (χ4v) is 4.08. The van der Waals surface area contributed by atoms with Crippen LogP contribution >= 0.6 is 11.3 Å². The maximum Gasteiger partial charge on any atom is 0.231 e. The van der Waals surface area contributed by atoms with E-state index in [9.17, 15) is 9.18 Å². The summed E-state index contributed by atoms with van der Waals surface area (Å²) in [6.45, 7) is 2.59. The number of carbonyl (C=O) groups is 1. The van der Waals surface area contributed by atoms with Crippen molar-refractivity contribution in [1.82, 2.24) is 15.3 Å². The Balaban J connectivity index is 1.49. The summed E-state index contributed by atoms with van der Waals surface area (Å²) in [6, 6.07) is 3.97. The maximum absolute atomic E-state index is 13.0. The second-order valence-corrected chi connectivity index (χ2v) is 7.24. The molecule has 2 aliphatic heterocycles. The molecule has 126 valence electrons. The van der Waals surface area contributed by atoms with Gasteiger partial charge in [-0.15, -0.1) is 11.3 Å². The largest absolute Gasteiger partial charge is 0.380 e. The number of ether oxygens (including phenoxy) is 1. The molecule has 0 radical (unpaired) electrons. The van der Waals surface area contributed by atoms with Gasteiger partial charge in [-0.2, -0.15) is 0 Å². The van der Waals surface area contributed by atoms with Gasteiger partial charge in [-0.1, -0.05) is 6.07 Å². The van der Waals surface area contributed by atoms with Crippen LogP contribution < -0.4 is 10.2 Å². The molecule has 2 aromatic rings. The van der Waals surface area contributed by atoms with Gasteiger partial charge in [0, 0.05) is 23.9 Å². The lowest BCUT2D eigenvalue weighted by molar-refractivity contribution is -0.131.